The molecule has 2 aromatic rings. The maximum Gasteiger partial charge on any atom is 0.273 e. The van der Waals surface area contributed by atoms with Crippen molar-refractivity contribution in [3.8, 4) is 0 Å². The number of nitrogens with zero attached hydrogens (tertiary/aromatic N) is 3. The van der Waals surface area contributed by atoms with Crippen LogP contribution in [0.15, 0.2) is 41.3 Å². The predicted molar refractivity (Wildman–Crippen MR) is 117 cm³/mol. The number of fused-ring (bicyclic) bond motifs is 1. The largest absolute Gasteiger partial charge is 0.370 e. The van der Waals surface area contributed by atoms with E-state index in [0.717, 1.165) is 25.3 Å². The molecule has 1 fully saturated rings. The van der Waals surface area contributed by atoms with Crippen molar-refractivity contribution in [2.45, 2.75) is 50.1 Å². The van der Waals surface area contributed by atoms with Gasteiger partial charge in [0.05, 0.1) is 10.6 Å². The zero-order valence-corrected chi connectivity index (χ0v) is 17.9. The SMILES string of the molecule is Cc1cc(N2CCC(N3c4ccccc4CC3C)CC2)c(S(N)(=O)=O)cc1[N+](=O)[O-]. The topological polar surface area (TPSA) is 110 Å². The van der Waals surface area contributed by atoms with Crippen molar-refractivity contribution < 1.29 is 13.3 Å². The van der Waals surface area contributed by atoms with E-state index in [1.54, 1.807) is 13.0 Å². The van der Waals surface area contributed by atoms with Crippen molar-refractivity contribution in [3.63, 3.8) is 0 Å². The average molecular weight is 431 g/mol. The Morgan fingerprint density at radius 2 is 1.80 bits per heavy atom. The molecule has 0 aliphatic carbocycles. The molecule has 1 unspecified atom stereocenters. The lowest BCUT2D eigenvalue weighted by Gasteiger charge is -2.41. The lowest BCUT2D eigenvalue weighted by Crippen LogP contribution is -2.47. The van der Waals surface area contributed by atoms with E-state index in [2.05, 4.69) is 36.1 Å². The molecule has 160 valence electrons. The number of nitro groups is 1. The van der Waals surface area contributed by atoms with E-state index in [9.17, 15) is 18.5 Å². The molecule has 0 spiro atoms. The number of nitro benzene ring substituents is 1. The number of benzene rings is 2. The summed E-state index contributed by atoms with van der Waals surface area (Å²) in [6.07, 6.45) is 2.78. The first-order valence-corrected chi connectivity index (χ1v) is 11.6. The Bertz CT molecular complexity index is 1090. The zero-order valence-electron chi connectivity index (χ0n) is 17.1. The number of sulfonamides is 1. The maximum absolute atomic E-state index is 12.2. The van der Waals surface area contributed by atoms with Crippen molar-refractivity contribution in [2.75, 3.05) is 22.9 Å². The number of hydrogen-bond acceptors (Lipinski definition) is 6. The number of rotatable bonds is 4. The third kappa shape index (κ3) is 3.63. The Balaban J connectivity index is 1.59. The van der Waals surface area contributed by atoms with Gasteiger partial charge < -0.3 is 9.80 Å². The van der Waals surface area contributed by atoms with Gasteiger partial charge in [-0.1, -0.05) is 18.2 Å². The highest BCUT2D eigenvalue weighted by molar-refractivity contribution is 7.89. The monoisotopic (exact) mass is 430 g/mol. The van der Waals surface area contributed by atoms with Gasteiger partial charge in [0.15, 0.2) is 0 Å². The van der Waals surface area contributed by atoms with Crippen LogP contribution in [0.2, 0.25) is 0 Å². The van der Waals surface area contributed by atoms with Gasteiger partial charge in [-0.25, -0.2) is 13.6 Å². The van der Waals surface area contributed by atoms with Gasteiger partial charge in [0.2, 0.25) is 10.0 Å². The van der Waals surface area contributed by atoms with Crippen LogP contribution in [0.1, 0.15) is 30.9 Å². The van der Waals surface area contributed by atoms with Gasteiger partial charge in [-0.2, -0.15) is 0 Å². The maximum atomic E-state index is 12.2. The first kappa shape index (κ1) is 20.6. The Labute approximate surface area is 176 Å². The zero-order chi connectivity index (χ0) is 21.6. The highest BCUT2D eigenvalue weighted by Crippen LogP contribution is 2.38. The number of nitrogens with two attached hydrogens (primary N) is 1. The number of hydrogen-bond donors (Lipinski definition) is 1. The second kappa shape index (κ2) is 7.55. The summed E-state index contributed by atoms with van der Waals surface area (Å²) in [7, 11) is -4.09. The normalized spacial score (nSPS) is 19.8. The molecule has 2 heterocycles. The summed E-state index contributed by atoms with van der Waals surface area (Å²) >= 11 is 0. The second-order valence-corrected chi connectivity index (χ2v) is 9.75. The fraction of sp³-hybridized carbons (Fsp3) is 0.429. The van der Waals surface area contributed by atoms with E-state index in [0.29, 0.717) is 36.4 Å². The molecule has 0 aromatic heterocycles. The Hall–Kier alpha value is -2.65. The molecule has 0 radical (unpaired) electrons. The first-order valence-electron chi connectivity index (χ1n) is 10.1. The van der Waals surface area contributed by atoms with Crippen LogP contribution in [0.5, 0.6) is 0 Å². The van der Waals surface area contributed by atoms with Gasteiger partial charge in [0.25, 0.3) is 5.69 Å². The van der Waals surface area contributed by atoms with Gasteiger partial charge in [-0.15, -0.1) is 0 Å². The predicted octanol–water partition coefficient (Wildman–Crippen LogP) is 2.97. The van der Waals surface area contributed by atoms with Crippen LogP contribution in [0.25, 0.3) is 0 Å². The van der Waals surface area contributed by atoms with Crippen LogP contribution < -0.4 is 14.9 Å². The second-order valence-electron chi connectivity index (χ2n) is 8.22. The summed E-state index contributed by atoms with van der Waals surface area (Å²) in [5.41, 5.74) is 3.30. The first-order chi connectivity index (χ1) is 14.2. The summed E-state index contributed by atoms with van der Waals surface area (Å²) in [5, 5.41) is 16.7. The molecule has 1 saturated heterocycles. The van der Waals surface area contributed by atoms with Crippen LogP contribution in [-0.4, -0.2) is 38.5 Å². The third-order valence-electron chi connectivity index (χ3n) is 6.24. The lowest BCUT2D eigenvalue weighted by atomic mass is 10.0. The van der Waals surface area contributed by atoms with E-state index < -0.39 is 14.9 Å². The number of anilines is 2. The summed E-state index contributed by atoms with van der Waals surface area (Å²) < 4.78 is 24.3. The molecule has 2 aliphatic heterocycles. The van der Waals surface area contributed by atoms with E-state index in [4.69, 9.17) is 5.14 Å². The van der Waals surface area contributed by atoms with Crippen LogP contribution >= 0.6 is 0 Å². The highest BCUT2D eigenvalue weighted by atomic mass is 32.2. The summed E-state index contributed by atoms with van der Waals surface area (Å²) in [6.45, 7) is 5.18. The van der Waals surface area contributed by atoms with Crippen molar-refractivity contribution in [3.05, 3.63) is 57.6 Å². The quantitative estimate of drug-likeness (QED) is 0.590. The molecule has 8 nitrogen and oxygen atoms in total. The van der Waals surface area contributed by atoms with E-state index in [-0.39, 0.29) is 10.6 Å². The minimum absolute atomic E-state index is 0.182. The molecule has 0 saturated carbocycles. The molecule has 1 atom stereocenters. The molecular weight excluding hydrogens is 404 g/mol. The van der Waals surface area contributed by atoms with Crippen molar-refractivity contribution in [2.24, 2.45) is 5.14 Å². The Morgan fingerprint density at radius 3 is 2.43 bits per heavy atom. The molecule has 2 aliphatic rings. The molecule has 0 bridgehead atoms. The van der Waals surface area contributed by atoms with E-state index in [1.165, 1.54) is 11.3 Å². The average Bonchev–Trinajstić information content (AvgIpc) is 3.02. The smallest absolute Gasteiger partial charge is 0.273 e. The van der Waals surface area contributed by atoms with Gasteiger partial charge in [0, 0.05) is 42.5 Å². The Morgan fingerprint density at radius 1 is 1.13 bits per heavy atom. The van der Waals surface area contributed by atoms with Gasteiger partial charge >= 0.3 is 0 Å². The lowest BCUT2D eigenvalue weighted by molar-refractivity contribution is -0.385. The van der Waals surface area contributed by atoms with Crippen LogP contribution in [0, 0.1) is 17.0 Å². The summed E-state index contributed by atoms with van der Waals surface area (Å²) in [5.74, 6) is 0. The minimum Gasteiger partial charge on any atom is -0.370 e. The molecule has 30 heavy (non-hydrogen) atoms. The van der Waals surface area contributed by atoms with Gasteiger partial charge in [-0.3, -0.25) is 10.1 Å². The standard InChI is InChI=1S/C21H26N4O4S/c1-14-11-20(21(30(22,28)29)13-19(14)25(26)27)23-9-7-17(8-10-23)24-15(2)12-16-5-3-4-6-18(16)24/h3-6,11,13,15,17H,7-10,12H2,1-2H3,(H2,22,28,29). The molecular formula is C21H26N4O4S. The van der Waals surface area contributed by atoms with Crippen LogP contribution in [-0.2, 0) is 16.4 Å². The molecule has 4 rings (SSSR count). The number of para-hydroxylation sites is 1. The third-order valence-corrected chi connectivity index (χ3v) is 7.18. The van der Waals surface area contributed by atoms with Gasteiger partial charge in [-0.05, 0) is 50.8 Å². The summed E-state index contributed by atoms with van der Waals surface area (Å²) in [6, 6.07) is 12.0. The number of piperidine rings is 1. The Kier molecular flexibility index (Phi) is 5.19. The minimum atomic E-state index is -4.09. The molecule has 9 heteroatoms. The van der Waals surface area contributed by atoms with E-state index in [1.807, 2.05) is 4.90 Å². The summed E-state index contributed by atoms with van der Waals surface area (Å²) in [4.78, 5) is 15.0. The van der Waals surface area contributed by atoms with E-state index >= 15 is 0 Å². The van der Waals surface area contributed by atoms with Crippen molar-refractivity contribution in [1.82, 2.24) is 0 Å². The molecule has 2 N–H and O–H groups in total. The molecule has 2 aromatic carbocycles. The highest BCUT2D eigenvalue weighted by Gasteiger charge is 2.34. The van der Waals surface area contributed by atoms with Crippen LogP contribution in [0.3, 0.4) is 0 Å². The van der Waals surface area contributed by atoms with Crippen molar-refractivity contribution >= 4 is 27.1 Å². The van der Waals surface area contributed by atoms with Gasteiger partial charge in [0.1, 0.15) is 4.90 Å². The van der Waals surface area contributed by atoms with Crippen LogP contribution in [0.4, 0.5) is 17.1 Å². The fourth-order valence-corrected chi connectivity index (χ4v) is 5.62. The van der Waals surface area contributed by atoms with Crippen molar-refractivity contribution in [1.29, 1.82) is 0 Å². The number of primary sulfonamides is 1. The number of aryl methyl sites for hydroxylation is 1. The molecule has 0 amide bonds. The fourth-order valence-electron chi connectivity index (χ4n) is 4.86.